The average molecular weight is 273 g/mol. The molecule has 5 N–H and O–H groups in total. The number of nitrogens with two attached hydrogens (primary N) is 1. The molecule has 2 rings (SSSR count). The summed E-state index contributed by atoms with van der Waals surface area (Å²) in [5.41, 5.74) is 7.31. The van der Waals surface area contributed by atoms with E-state index in [0.29, 0.717) is 24.7 Å². The van der Waals surface area contributed by atoms with E-state index in [1.807, 2.05) is 24.3 Å². The van der Waals surface area contributed by atoms with Crippen molar-refractivity contribution >= 4 is 17.7 Å². The number of anilines is 2. The van der Waals surface area contributed by atoms with Gasteiger partial charge >= 0.3 is 6.09 Å². The van der Waals surface area contributed by atoms with Crippen molar-refractivity contribution in [3.8, 4) is 11.3 Å². The minimum atomic E-state index is -1.04. The van der Waals surface area contributed by atoms with Crippen LogP contribution >= 0.6 is 0 Å². The molecule has 0 aromatic carbocycles. The molecule has 0 radical (unpaired) electrons. The highest BCUT2D eigenvalue weighted by molar-refractivity contribution is 5.65. The van der Waals surface area contributed by atoms with Crippen LogP contribution in [-0.4, -0.2) is 34.3 Å². The smallest absolute Gasteiger partial charge is 0.404 e. The number of pyridine rings is 2. The van der Waals surface area contributed by atoms with Crippen molar-refractivity contribution in [2.45, 2.75) is 0 Å². The second-order valence-corrected chi connectivity index (χ2v) is 4.04. The van der Waals surface area contributed by atoms with Gasteiger partial charge in [0.05, 0.1) is 5.69 Å². The van der Waals surface area contributed by atoms with Crippen molar-refractivity contribution in [1.29, 1.82) is 0 Å². The number of amides is 1. The van der Waals surface area contributed by atoms with Gasteiger partial charge in [-0.05, 0) is 24.3 Å². The van der Waals surface area contributed by atoms with Gasteiger partial charge < -0.3 is 21.5 Å². The summed E-state index contributed by atoms with van der Waals surface area (Å²) in [5, 5.41) is 13.8. The number of carbonyl (C=O) groups is 1. The van der Waals surface area contributed by atoms with E-state index in [1.165, 1.54) is 0 Å². The van der Waals surface area contributed by atoms with E-state index in [-0.39, 0.29) is 0 Å². The van der Waals surface area contributed by atoms with Crippen LogP contribution in [0, 0.1) is 0 Å². The molecule has 0 spiro atoms. The Morgan fingerprint density at radius 3 is 2.90 bits per heavy atom. The maximum atomic E-state index is 10.3. The first-order chi connectivity index (χ1) is 9.65. The molecule has 2 aromatic heterocycles. The molecule has 2 heterocycles. The van der Waals surface area contributed by atoms with Crippen LogP contribution in [0.2, 0.25) is 0 Å². The van der Waals surface area contributed by atoms with Crippen LogP contribution in [0.1, 0.15) is 0 Å². The Bertz CT molecular complexity index is 603. The number of hydrogen-bond acceptors (Lipinski definition) is 5. The summed E-state index contributed by atoms with van der Waals surface area (Å²) >= 11 is 0. The first-order valence-corrected chi connectivity index (χ1v) is 6.05. The normalized spacial score (nSPS) is 10.0. The number of hydrogen-bond donors (Lipinski definition) is 4. The molecule has 20 heavy (non-hydrogen) atoms. The molecular formula is C13H15N5O2. The van der Waals surface area contributed by atoms with Gasteiger partial charge in [0.2, 0.25) is 0 Å². The fourth-order valence-corrected chi connectivity index (χ4v) is 1.66. The van der Waals surface area contributed by atoms with E-state index in [1.54, 1.807) is 12.3 Å². The molecule has 0 aliphatic rings. The predicted octanol–water partition coefficient (Wildman–Crippen LogP) is 1.41. The SMILES string of the molecule is Nc1cccc(-c2ccnc(NCCNC(=O)O)c2)n1. The molecule has 0 aliphatic heterocycles. The van der Waals surface area contributed by atoms with Gasteiger partial charge in [0.1, 0.15) is 11.6 Å². The van der Waals surface area contributed by atoms with E-state index in [2.05, 4.69) is 20.6 Å². The van der Waals surface area contributed by atoms with E-state index in [0.717, 1.165) is 11.3 Å². The van der Waals surface area contributed by atoms with Crippen molar-refractivity contribution in [1.82, 2.24) is 15.3 Å². The number of nitrogens with zero attached hydrogens (tertiary/aromatic N) is 2. The summed E-state index contributed by atoms with van der Waals surface area (Å²) in [4.78, 5) is 18.7. The van der Waals surface area contributed by atoms with Crippen molar-refractivity contribution in [2.75, 3.05) is 24.1 Å². The van der Waals surface area contributed by atoms with Crippen LogP contribution in [-0.2, 0) is 0 Å². The zero-order valence-corrected chi connectivity index (χ0v) is 10.7. The van der Waals surface area contributed by atoms with Gasteiger partial charge in [0.15, 0.2) is 0 Å². The lowest BCUT2D eigenvalue weighted by Crippen LogP contribution is -2.27. The second-order valence-electron chi connectivity index (χ2n) is 4.04. The summed E-state index contributed by atoms with van der Waals surface area (Å²) in [6.07, 6.45) is 0.616. The van der Waals surface area contributed by atoms with Gasteiger partial charge in [0, 0.05) is 24.8 Å². The summed E-state index contributed by atoms with van der Waals surface area (Å²) in [6, 6.07) is 9.09. The molecule has 2 aromatic rings. The number of nitrogen functional groups attached to an aromatic ring is 1. The quantitative estimate of drug-likeness (QED) is 0.612. The Hall–Kier alpha value is -2.83. The van der Waals surface area contributed by atoms with Gasteiger partial charge in [0.25, 0.3) is 0 Å². The Labute approximate surface area is 115 Å². The largest absolute Gasteiger partial charge is 0.465 e. The summed E-state index contributed by atoms with van der Waals surface area (Å²) < 4.78 is 0. The van der Waals surface area contributed by atoms with Gasteiger partial charge in [-0.25, -0.2) is 14.8 Å². The van der Waals surface area contributed by atoms with Crippen LogP contribution in [0.4, 0.5) is 16.4 Å². The first-order valence-electron chi connectivity index (χ1n) is 6.05. The molecule has 0 bridgehead atoms. The molecule has 7 nitrogen and oxygen atoms in total. The van der Waals surface area contributed by atoms with E-state index < -0.39 is 6.09 Å². The standard InChI is InChI=1S/C13H15N5O2/c14-11-3-1-2-10(18-11)9-4-5-15-12(8-9)16-6-7-17-13(19)20/h1-5,8,17H,6-7H2,(H2,14,18)(H,15,16)(H,19,20). The summed E-state index contributed by atoms with van der Waals surface area (Å²) in [6.45, 7) is 0.755. The Balaban J connectivity index is 2.02. The minimum Gasteiger partial charge on any atom is -0.465 e. The fourth-order valence-electron chi connectivity index (χ4n) is 1.66. The molecule has 0 unspecified atom stereocenters. The summed E-state index contributed by atoms with van der Waals surface area (Å²) in [5.74, 6) is 1.11. The van der Waals surface area contributed by atoms with Crippen molar-refractivity contribution in [2.24, 2.45) is 0 Å². The summed E-state index contributed by atoms with van der Waals surface area (Å²) in [7, 11) is 0. The highest BCUT2D eigenvalue weighted by Gasteiger charge is 2.02. The lowest BCUT2D eigenvalue weighted by atomic mass is 10.2. The molecule has 0 fully saturated rings. The lowest BCUT2D eigenvalue weighted by Gasteiger charge is -2.07. The average Bonchev–Trinajstić information content (AvgIpc) is 2.44. The maximum Gasteiger partial charge on any atom is 0.404 e. The lowest BCUT2D eigenvalue weighted by molar-refractivity contribution is 0.195. The first kappa shape index (κ1) is 13.6. The van der Waals surface area contributed by atoms with Crippen molar-refractivity contribution in [3.05, 3.63) is 36.5 Å². The monoisotopic (exact) mass is 273 g/mol. The zero-order valence-electron chi connectivity index (χ0n) is 10.7. The zero-order chi connectivity index (χ0) is 14.4. The number of rotatable bonds is 5. The third-order valence-electron chi connectivity index (χ3n) is 2.53. The molecule has 0 atom stereocenters. The molecule has 104 valence electrons. The highest BCUT2D eigenvalue weighted by atomic mass is 16.4. The van der Waals surface area contributed by atoms with Gasteiger partial charge in [-0.2, -0.15) is 0 Å². The van der Waals surface area contributed by atoms with Crippen LogP contribution < -0.4 is 16.4 Å². The van der Waals surface area contributed by atoms with Crippen LogP contribution in [0.25, 0.3) is 11.3 Å². The molecule has 7 heteroatoms. The Morgan fingerprint density at radius 2 is 2.15 bits per heavy atom. The molecule has 0 aliphatic carbocycles. The minimum absolute atomic E-state index is 0.303. The van der Waals surface area contributed by atoms with E-state index in [9.17, 15) is 4.79 Å². The molecule has 1 amide bonds. The fraction of sp³-hybridized carbons (Fsp3) is 0.154. The van der Waals surface area contributed by atoms with Crippen molar-refractivity contribution < 1.29 is 9.90 Å². The topological polar surface area (TPSA) is 113 Å². The van der Waals surface area contributed by atoms with Gasteiger partial charge in [-0.1, -0.05) is 6.07 Å². The Morgan fingerprint density at radius 1 is 1.30 bits per heavy atom. The highest BCUT2D eigenvalue weighted by Crippen LogP contribution is 2.19. The third-order valence-corrected chi connectivity index (χ3v) is 2.53. The van der Waals surface area contributed by atoms with Gasteiger partial charge in [-0.3, -0.25) is 0 Å². The van der Waals surface area contributed by atoms with Crippen LogP contribution in [0.3, 0.4) is 0 Å². The maximum absolute atomic E-state index is 10.3. The molecular weight excluding hydrogens is 258 g/mol. The molecule has 0 saturated carbocycles. The van der Waals surface area contributed by atoms with Crippen molar-refractivity contribution in [3.63, 3.8) is 0 Å². The van der Waals surface area contributed by atoms with Crippen LogP contribution in [0.15, 0.2) is 36.5 Å². The number of aromatic nitrogens is 2. The van der Waals surface area contributed by atoms with Gasteiger partial charge in [-0.15, -0.1) is 0 Å². The third kappa shape index (κ3) is 3.84. The second kappa shape index (κ2) is 6.37. The van der Waals surface area contributed by atoms with E-state index >= 15 is 0 Å². The molecule has 0 saturated heterocycles. The predicted molar refractivity (Wildman–Crippen MR) is 76.4 cm³/mol. The number of carboxylic acid groups (broad SMARTS) is 1. The number of nitrogens with one attached hydrogen (secondary N) is 2. The van der Waals surface area contributed by atoms with E-state index in [4.69, 9.17) is 10.8 Å². The van der Waals surface area contributed by atoms with Crippen LogP contribution in [0.5, 0.6) is 0 Å². The Kier molecular flexibility index (Phi) is 4.33.